The number of nitrogens with two attached hydrogens (primary N) is 2. The van der Waals surface area contributed by atoms with Crippen molar-refractivity contribution in [2.24, 2.45) is 11.5 Å². The molecule has 8 heteroatoms. The van der Waals surface area contributed by atoms with E-state index in [0.717, 1.165) is 52.1 Å². The fourth-order valence-electron chi connectivity index (χ4n) is 1.74. The van der Waals surface area contributed by atoms with Gasteiger partial charge in [-0.05, 0) is 63.0 Å². The number of aromatic carboxylic acids is 2. The molecule has 1 aromatic carbocycles. The molecule has 1 aromatic rings. The molecule has 0 spiro atoms. The summed E-state index contributed by atoms with van der Waals surface area (Å²) in [5.41, 5.74) is 10.8. The van der Waals surface area contributed by atoms with Crippen molar-refractivity contribution in [2.75, 3.05) is 39.5 Å². The maximum atomic E-state index is 10.3. The Bertz CT molecular complexity index is 448. The molecule has 8 nitrogen and oxygen atoms in total. The SMILES string of the molecule is NCCCOCCCCOCCCN.O=C(O)c1ccc(C(=O)O)cc1. The quantitative estimate of drug-likeness (QED) is 0.383. The molecule has 6 N–H and O–H groups in total. The van der Waals surface area contributed by atoms with Gasteiger partial charge in [0, 0.05) is 26.4 Å². The van der Waals surface area contributed by atoms with Crippen molar-refractivity contribution in [3.63, 3.8) is 0 Å². The van der Waals surface area contributed by atoms with Crippen molar-refractivity contribution < 1.29 is 29.3 Å². The Morgan fingerprint density at radius 1 is 0.692 bits per heavy atom. The van der Waals surface area contributed by atoms with Crippen LogP contribution in [-0.2, 0) is 9.47 Å². The van der Waals surface area contributed by atoms with Gasteiger partial charge in [0.15, 0.2) is 0 Å². The van der Waals surface area contributed by atoms with Crippen molar-refractivity contribution in [1.82, 2.24) is 0 Å². The lowest BCUT2D eigenvalue weighted by Gasteiger charge is -2.04. The fraction of sp³-hybridized carbons (Fsp3) is 0.556. The van der Waals surface area contributed by atoms with Crippen LogP contribution in [0.2, 0.25) is 0 Å². The highest BCUT2D eigenvalue weighted by atomic mass is 16.5. The largest absolute Gasteiger partial charge is 0.478 e. The first-order chi connectivity index (χ1) is 12.5. The van der Waals surface area contributed by atoms with Crippen molar-refractivity contribution in [2.45, 2.75) is 25.7 Å². The Kier molecular flexibility index (Phi) is 15.2. The van der Waals surface area contributed by atoms with Crippen LogP contribution >= 0.6 is 0 Å². The number of ether oxygens (including phenoxy) is 2. The van der Waals surface area contributed by atoms with Crippen molar-refractivity contribution >= 4 is 11.9 Å². The molecule has 1 rings (SSSR count). The fourth-order valence-corrected chi connectivity index (χ4v) is 1.74. The summed E-state index contributed by atoms with van der Waals surface area (Å²) < 4.78 is 10.7. The van der Waals surface area contributed by atoms with Crippen LogP contribution in [0.1, 0.15) is 46.4 Å². The van der Waals surface area contributed by atoms with E-state index in [9.17, 15) is 9.59 Å². The molecule has 0 fully saturated rings. The first kappa shape index (κ1) is 24.0. The summed E-state index contributed by atoms with van der Waals surface area (Å²) in [5.74, 6) is -2.13. The van der Waals surface area contributed by atoms with E-state index in [0.29, 0.717) is 13.1 Å². The molecule has 0 aliphatic rings. The molecule has 0 radical (unpaired) electrons. The summed E-state index contributed by atoms with van der Waals surface area (Å²) in [6.45, 7) is 4.62. The van der Waals surface area contributed by atoms with Crippen molar-refractivity contribution in [3.05, 3.63) is 35.4 Å². The van der Waals surface area contributed by atoms with E-state index in [-0.39, 0.29) is 11.1 Å². The first-order valence-electron chi connectivity index (χ1n) is 8.65. The highest BCUT2D eigenvalue weighted by Gasteiger charge is 2.04. The summed E-state index contributed by atoms with van der Waals surface area (Å²) in [7, 11) is 0. The lowest BCUT2D eigenvalue weighted by atomic mass is 10.1. The van der Waals surface area contributed by atoms with Crippen molar-refractivity contribution in [1.29, 1.82) is 0 Å². The van der Waals surface area contributed by atoms with Crippen LogP contribution in [0, 0.1) is 0 Å². The van der Waals surface area contributed by atoms with Gasteiger partial charge < -0.3 is 31.2 Å². The molecule has 0 bridgehead atoms. The number of hydrogen-bond acceptors (Lipinski definition) is 6. The van der Waals surface area contributed by atoms with Gasteiger partial charge in [-0.1, -0.05) is 0 Å². The second kappa shape index (κ2) is 16.5. The van der Waals surface area contributed by atoms with E-state index in [1.165, 1.54) is 24.3 Å². The number of carboxylic acids is 2. The minimum absolute atomic E-state index is 0.0833. The third kappa shape index (κ3) is 13.3. The van der Waals surface area contributed by atoms with Gasteiger partial charge in [-0.2, -0.15) is 0 Å². The Hall–Kier alpha value is -2.00. The standard InChI is InChI=1S/C10H24N2O2.C8H6O4/c11-5-3-9-13-7-1-2-8-14-10-4-6-12;9-7(10)5-1-2-6(4-3-5)8(11)12/h1-12H2;1-4H,(H,9,10)(H,11,12). The van der Waals surface area contributed by atoms with Crippen LogP contribution < -0.4 is 11.5 Å². The molecule has 148 valence electrons. The van der Waals surface area contributed by atoms with E-state index in [4.69, 9.17) is 31.2 Å². The number of carbonyl (C=O) groups is 2. The van der Waals surface area contributed by atoms with Gasteiger partial charge in [0.25, 0.3) is 0 Å². The zero-order valence-corrected chi connectivity index (χ0v) is 15.1. The minimum Gasteiger partial charge on any atom is -0.478 e. The smallest absolute Gasteiger partial charge is 0.335 e. The minimum atomic E-state index is -1.06. The molecule has 0 aliphatic heterocycles. The van der Waals surface area contributed by atoms with E-state index < -0.39 is 11.9 Å². The Morgan fingerprint density at radius 2 is 1.00 bits per heavy atom. The average molecular weight is 370 g/mol. The summed E-state index contributed by atoms with van der Waals surface area (Å²) in [6.07, 6.45) is 4.03. The Labute approximate surface area is 154 Å². The Morgan fingerprint density at radius 3 is 1.27 bits per heavy atom. The van der Waals surface area contributed by atoms with E-state index in [1.54, 1.807) is 0 Å². The third-order valence-electron chi connectivity index (χ3n) is 3.19. The molecule has 0 aliphatic carbocycles. The average Bonchev–Trinajstić information content (AvgIpc) is 2.64. The summed E-state index contributed by atoms with van der Waals surface area (Å²) in [5, 5.41) is 16.9. The molecular weight excluding hydrogens is 340 g/mol. The van der Waals surface area contributed by atoms with Gasteiger partial charge in [0.05, 0.1) is 11.1 Å². The maximum absolute atomic E-state index is 10.3. The van der Waals surface area contributed by atoms with E-state index in [1.807, 2.05) is 0 Å². The predicted octanol–water partition coefficient (Wildman–Crippen LogP) is 1.58. The van der Waals surface area contributed by atoms with Gasteiger partial charge in [-0.25, -0.2) is 9.59 Å². The first-order valence-corrected chi connectivity index (χ1v) is 8.65. The Balaban J connectivity index is 0.000000485. The molecule has 0 heterocycles. The summed E-state index contributed by atoms with van der Waals surface area (Å²) in [4.78, 5) is 20.7. The van der Waals surface area contributed by atoms with Crippen LogP contribution in [-0.4, -0.2) is 61.7 Å². The lowest BCUT2D eigenvalue weighted by Crippen LogP contribution is -2.07. The molecule has 0 atom stereocenters. The lowest BCUT2D eigenvalue weighted by molar-refractivity contribution is 0.0681. The van der Waals surface area contributed by atoms with Gasteiger partial charge in [-0.15, -0.1) is 0 Å². The zero-order chi connectivity index (χ0) is 19.6. The summed E-state index contributed by atoms with van der Waals surface area (Å²) >= 11 is 0. The van der Waals surface area contributed by atoms with Crippen molar-refractivity contribution in [3.8, 4) is 0 Å². The normalized spacial score (nSPS) is 10.1. The highest BCUT2D eigenvalue weighted by molar-refractivity contribution is 5.91. The molecule has 0 unspecified atom stereocenters. The molecule has 0 amide bonds. The molecule has 26 heavy (non-hydrogen) atoms. The number of hydrogen-bond donors (Lipinski definition) is 4. The van der Waals surface area contributed by atoms with Gasteiger partial charge in [0.1, 0.15) is 0 Å². The van der Waals surface area contributed by atoms with Crippen LogP contribution in [0.5, 0.6) is 0 Å². The van der Waals surface area contributed by atoms with Crippen LogP contribution in [0.4, 0.5) is 0 Å². The van der Waals surface area contributed by atoms with E-state index in [2.05, 4.69) is 0 Å². The third-order valence-corrected chi connectivity index (χ3v) is 3.19. The second-order valence-corrected chi connectivity index (χ2v) is 5.40. The number of benzene rings is 1. The number of carboxylic acid groups (broad SMARTS) is 2. The monoisotopic (exact) mass is 370 g/mol. The molecule has 0 aromatic heterocycles. The molecule has 0 saturated heterocycles. The highest BCUT2D eigenvalue weighted by Crippen LogP contribution is 2.03. The number of rotatable bonds is 13. The van der Waals surface area contributed by atoms with Crippen LogP contribution in [0.25, 0.3) is 0 Å². The zero-order valence-electron chi connectivity index (χ0n) is 15.1. The van der Waals surface area contributed by atoms with Gasteiger partial charge in [0.2, 0.25) is 0 Å². The number of unbranched alkanes of at least 4 members (excludes halogenated alkanes) is 1. The van der Waals surface area contributed by atoms with Gasteiger partial charge in [-0.3, -0.25) is 0 Å². The van der Waals surface area contributed by atoms with Gasteiger partial charge >= 0.3 is 11.9 Å². The van der Waals surface area contributed by atoms with Crippen LogP contribution in [0.15, 0.2) is 24.3 Å². The summed E-state index contributed by atoms with van der Waals surface area (Å²) in [6, 6.07) is 5.02. The van der Waals surface area contributed by atoms with Crippen LogP contribution in [0.3, 0.4) is 0 Å². The molecular formula is C18H30N2O6. The molecule has 0 saturated carbocycles. The predicted molar refractivity (Wildman–Crippen MR) is 98.6 cm³/mol. The second-order valence-electron chi connectivity index (χ2n) is 5.40. The topological polar surface area (TPSA) is 145 Å². The maximum Gasteiger partial charge on any atom is 0.335 e. The van der Waals surface area contributed by atoms with E-state index >= 15 is 0 Å².